The number of rotatable bonds is 8. The van der Waals surface area contributed by atoms with Crippen LogP contribution in [0.4, 0.5) is 0 Å². The molecule has 1 heterocycles. The minimum Gasteiger partial charge on any atom is -0.334 e. The van der Waals surface area contributed by atoms with E-state index in [1.54, 1.807) is 0 Å². The van der Waals surface area contributed by atoms with E-state index in [0.717, 1.165) is 50.3 Å². The second-order valence-electron chi connectivity index (χ2n) is 7.63. The molecule has 0 bridgehead atoms. The van der Waals surface area contributed by atoms with Crippen molar-refractivity contribution in [1.82, 2.24) is 14.7 Å². The Hall–Kier alpha value is -1.63. The molecular formula is C23H34Cl2N4O. The van der Waals surface area contributed by atoms with Gasteiger partial charge in [0, 0.05) is 51.4 Å². The Kier molecular flexibility index (Phi) is 12.0. The van der Waals surface area contributed by atoms with Crippen molar-refractivity contribution in [3.63, 3.8) is 0 Å². The number of nitrogens with zero attached hydrogens (tertiary/aromatic N) is 3. The molecule has 1 aliphatic rings. The molecular weight excluding hydrogens is 419 g/mol. The highest BCUT2D eigenvalue weighted by atomic mass is 35.5. The summed E-state index contributed by atoms with van der Waals surface area (Å²) in [7, 11) is 2.17. The van der Waals surface area contributed by atoms with Crippen LogP contribution in [0.15, 0.2) is 54.6 Å². The minimum atomic E-state index is 0. The number of carbonyl (C=O) groups excluding carboxylic acids is 1. The van der Waals surface area contributed by atoms with Gasteiger partial charge in [-0.3, -0.25) is 9.69 Å². The maximum atomic E-state index is 13.1. The van der Waals surface area contributed by atoms with Crippen molar-refractivity contribution in [2.75, 3.05) is 46.3 Å². The fraction of sp³-hybridized carbons (Fsp3) is 0.435. The Morgan fingerprint density at radius 1 is 0.933 bits per heavy atom. The van der Waals surface area contributed by atoms with Crippen LogP contribution < -0.4 is 5.73 Å². The predicted octanol–water partition coefficient (Wildman–Crippen LogP) is 3.27. The number of halogens is 2. The lowest BCUT2D eigenvalue weighted by molar-refractivity contribution is 0.0742. The maximum Gasteiger partial charge on any atom is 0.254 e. The summed E-state index contributed by atoms with van der Waals surface area (Å²) in [6, 6.07) is 18.2. The lowest BCUT2D eigenvalue weighted by Crippen LogP contribution is -2.43. The molecule has 1 fully saturated rings. The minimum absolute atomic E-state index is 0. The van der Waals surface area contributed by atoms with E-state index in [4.69, 9.17) is 5.73 Å². The van der Waals surface area contributed by atoms with E-state index in [-0.39, 0.29) is 30.7 Å². The van der Waals surface area contributed by atoms with Crippen molar-refractivity contribution in [2.24, 2.45) is 5.73 Å². The molecule has 1 saturated heterocycles. The Labute approximate surface area is 193 Å². The smallest absolute Gasteiger partial charge is 0.254 e. The number of carbonyl (C=O) groups is 1. The molecule has 0 spiro atoms. The first-order valence-corrected chi connectivity index (χ1v) is 10.2. The summed E-state index contributed by atoms with van der Waals surface area (Å²) in [5.41, 5.74) is 8.83. The summed E-state index contributed by atoms with van der Waals surface area (Å²) in [6.07, 6.45) is 0.806. The Morgan fingerprint density at radius 2 is 1.57 bits per heavy atom. The molecule has 2 aromatic carbocycles. The van der Waals surface area contributed by atoms with Crippen LogP contribution in [-0.2, 0) is 13.1 Å². The fourth-order valence-electron chi connectivity index (χ4n) is 3.54. The van der Waals surface area contributed by atoms with Gasteiger partial charge in [-0.25, -0.2) is 0 Å². The number of nitrogens with two attached hydrogens (primary N) is 1. The second kappa shape index (κ2) is 13.6. The quantitative estimate of drug-likeness (QED) is 0.667. The lowest BCUT2D eigenvalue weighted by Gasteiger charge is -2.32. The molecule has 30 heavy (non-hydrogen) atoms. The summed E-state index contributed by atoms with van der Waals surface area (Å²) >= 11 is 0. The summed E-state index contributed by atoms with van der Waals surface area (Å²) in [4.78, 5) is 19.8. The molecule has 0 radical (unpaired) electrons. The van der Waals surface area contributed by atoms with Gasteiger partial charge in [0.15, 0.2) is 0 Å². The maximum absolute atomic E-state index is 13.1. The molecule has 0 atom stereocenters. The Balaban J connectivity index is 0.00000225. The van der Waals surface area contributed by atoms with E-state index in [2.05, 4.69) is 41.1 Å². The molecule has 7 heteroatoms. The molecule has 0 aliphatic carbocycles. The number of amides is 1. The van der Waals surface area contributed by atoms with Crippen LogP contribution in [-0.4, -0.2) is 66.9 Å². The van der Waals surface area contributed by atoms with E-state index in [0.29, 0.717) is 19.6 Å². The highest BCUT2D eigenvalue weighted by Crippen LogP contribution is 2.14. The number of benzene rings is 2. The van der Waals surface area contributed by atoms with Crippen LogP contribution in [0.25, 0.3) is 0 Å². The van der Waals surface area contributed by atoms with Crippen LogP contribution >= 0.6 is 24.8 Å². The fourth-order valence-corrected chi connectivity index (χ4v) is 3.54. The van der Waals surface area contributed by atoms with Crippen LogP contribution in [0.5, 0.6) is 0 Å². The zero-order chi connectivity index (χ0) is 19.8. The largest absolute Gasteiger partial charge is 0.334 e. The molecule has 0 saturated carbocycles. The van der Waals surface area contributed by atoms with E-state index in [1.165, 1.54) is 5.56 Å². The molecule has 166 valence electrons. The van der Waals surface area contributed by atoms with Gasteiger partial charge < -0.3 is 15.5 Å². The summed E-state index contributed by atoms with van der Waals surface area (Å²) in [5, 5.41) is 0. The van der Waals surface area contributed by atoms with Gasteiger partial charge in [0.25, 0.3) is 5.91 Å². The molecule has 1 aliphatic heterocycles. The average molecular weight is 453 g/mol. The number of likely N-dealkylation sites (N-methyl/N-ethyl adjacent to an activating group) is 1. The van der Waals surface area contributed by atoms with Gasteiger partial charge in [0.2, 0.25) is 0 Å². The van der Waals surface area contributed by atoms with Crippen LogP contribution in [0.1, 0.15) is 27.9 Å². The van der Waals surface area contributed by atoms with Crippen molar-refractivity contribution < 1.29 is 4.79 Å². The Bertz CT molecular complexity index is 735. The van der Waals surface area contributed by atoms with Gasteiger partial charge in [-0.2, -0.15) is 0 Å². The van der Waals surface area contributed by atoms with Crippen LogP contribution in [0.2, 0.25) is 0 Å². The standard InChI is InChI=1S/C23H32N4O.2ClH/c1-25-14-16-26(17-15-25)18-21-8-10-22(11-9-21)23(28)27(13-5-12-24)19-20-6-3-2-4-7-20;;/h2-4,6-11H,5,12-19,24H2,1H3;2*1H. The third-order valence-corrected chi connectivity index (χ3v) is 5.34. The van der Waals surface area contributed by atoms with Gasteiger partial charge in [-0.05, 0) is 43.3 Å². The number of hydrogen-bond acceptors (Lipinski definition) is 4. The highest BCUT2D eigenvalue weighted by Gasteiger charge is 2.17. The highest BCUT2D eigenvalue weighted by molar-refractivity contribution is 5.94. The molecule has 0 aromatic heterocycles. The van der Waals surface area contributed by atoms with Crippen molar-refractivity contribution in [2.45, 2.75) is 19.5 Å². The normalized spacial score (nSPS) is 14.5. The Morgan fingerprint density at radius 3 is 2.17 bits per heavy atom. The molecule has 2 N–H and O–H groups in total. The summed E-state index contributed by atoms with van der Waals surface area (Å²) < 4.78 is 0. The van der Waals surface area contributed by atoms with E-state index in [9.17, 15) is 4.79 Å². The van der Waals surface area contributed by atoms with Crippen molar-refractivity contribution in [3.8, 4) is 0 Å². The topological polar surface area (TPSA) is 52.8 Å². The van der Waals surface area contributed by atoms with Crippen LogP contribution in [0, 0.1) is 0 Å². The van der Waals surface area contributed by atoms with Crippen molar-refractivity contribution in [3.05, 3.63) is 71.3 Å². The lowest BCUT2D eigenvalue weighted by atomic mass is 10.1. The first-order valence-electron chi connectivity index (χ1n) is 10.2. The molecule has 2 aromatic rings. The zero-order valence-electron chi connectivity index (χ0n) is 17.7. The summed E-state index contributed by atoms with van der Waals surface area (Å²) in [6.45, 7) is 7.25. The summed E-state index contributed by atoms with van der Waals surface area (Å²) in [5.74, 6) is 0.0726. The van der Waals surface area contributed by atoms with Gasteiger partial charge in [0.05, 0.1) is 0 Å². The van der Waals surface area contributed by atoms with E-state index < -0.39 is 0 Å². The monoisotopic (exact) mass is 452 g/mol. The van der Waals surface area contributed by atoms with E-state index >= 15 is 0 Å². The van der Waals surface area contributed by atoms with Gasteiger partial charge in [-0.1, -0.05) is 42.5 Å². The zero-order valence-corrected chi connectivity index (χ0v) is 19.3. The SMILES string of the molecule is CN1CCN(Cc2ccc(C(=O)N(CCCN)Cc3ccccc3)cc2)CC1.Cl.Cl. The van der Waals surface area contributed by atoms with Crippen LogP contribution in [0.3, 0.4) is 0 Å². The molecule has 0 unspecified atom stereocenters. The molecule has 1 amide bonds. The third-order valence-electron chi connectivity index (χ3n) is 5.34. The molecule has 3 rings (SSSR count). The van der Waals surface area contributed by atoms with Crippen molar-refractivity contribution >= 4 is 30.7 Å². The first kappa shape index (κ1) is 26.4. The van der Waals surface area contributed by atoms with Gasteiger partial charge >= 0.3 is 0 Å². The number of piperazine rings is 1. The van der Waals surface area contributed by atoms with Gasteiger partial charge in [0.1, 0.15) is 0 Å². The average Bonchev–Trinajstić information content (AvgIpc) is 2.73. The van der Waals surface area contributed by atoms with Gasteiger partial charge in [-0.15, -0.1) is 24.8 Å². The number of hydrogen-bond donors (Lipinski definition) is 1. The molecule has 5 nitrogen and oxygen atoms in total. The first-order chi connectivity index (χ1) is 13.7. The van der Waals surface area contributed by atoms with Crippen molar-refractivity contribution in [1.29, 1.82) is 0 Å². The predicted molar refractivity (Wildman–Crippen MR) is 129 cm³/mol. The third kappa shape index (κ3) is 7.89. The second-order valence-corrected chi connectivity index (χ2v) is 7.63. The van der Waals surface area contributed by atoms with E-state index in [1.807, 2.05) is 35.2 Å².